The third-order valence-corrected chi connectivity index (χ3v) is 5.23. The second kappa shape index (κ2) is 8.48. The van der Waals surface area contributed by atoms with Crippen LogP contribution in [0.2, 0.25) is 5.02 Å². The molecule has 0 saturated heterocycles. The number of rotatable bonds is 7. The molecule has 0 bridgehead atoms. The molecular weight excluding hydrogens is 378 g/mol. The summed E-state index contributed by atoms with van der Waals surface area (Å²) in [5.74, 6) is -0.0912. The number of anilines is 1. The third kappa shape index (κ3) is 5.42. The van der Waals surface area contributed by atoms with E-state index in [2.05, 4.69) is 10.3 Å². The highest BCUT2D eigenvalue weighted by Gasteiger charge is 2.21. The SMILES string of the molecule is COc1cc(Cl)c(C)cc1NC(=O)CN(Cc1cccnc1)S(C)(=O)=O. The van der Waals surface area contributed by atoms with Crippen molar-refractivity contribution in [3.8, 4) is 5.75 Å². The van der Waals surface area contributed by atoms with E-state index in [1.807, 2.05) is 0 Å². The zero-order valence-corrected chi connectivity index (χ0v) is 16.3. The average molecular weight is 398 g/mol. The van der Waals surface area contributed by atoms with Gasteiger partial charge in [0.1, 0.15) is 5.75 Å². The fourth-order valence-corrected chi connectivity index (χ4v) is 3.15. The average Bonchev–Trinajstić information content (AvgIpc) is 2.57. The molecule has 1 heterocycles. The van der Waals surface area contributed by atoms with Crippen molar-refractivity contribution in [1.29, 1.82) is 0 Å². The molecule has 1 N–H and O–H groups in total. The highest BCUT2D eigenvalue weighted by Crippen LogP contribution is 2.30. The van der Waals surface area contributed by atoms with Gasteiger partial charge >= 0.3 is 0 Å². The van der Waals surface area contributed by atoms with Crippen molar-refractivity contribution in [3.05, 3.63) is 52.8 Å². The fraction of sp³-hybridized carbons (Fsp3) is 0.294. The second-order valence-electron chi connectivity index (χ2n) is 5.74. The van der Waals surface area contributed by atoms with Gasteiger partial charge in [0, 0.05) is 30.0 Å². The molecule has 0 atom stereocenters. The van der Waals surface area contributed by atoms with Gasteiger partial charge in [-0.2, -0.15) is 4.31 Å². The quantitative estimate of drug-likeness (QED) is 0.775. The van der Waals surface area contributed by atoms with E-state index in [4.69, 9.17) is 16.3 Å². The number of nitrogens with zero attached hydrogens (tertiary/aromatic N) is 2. The Balaban J connectivity index is 2.17. The van der Waals surface area contributed by atoms with E-state index in [-0.39, 0.29) is 13.1 Å². The lowest BCUT2D eigenvalue weighted by atomic mass is 10.2. The van der Waals surface area contributed by atoms with Gasteiger partial charge in [0.05, 0.1) is 25.6 Å². The first-order valence-corrected chi connectivity index (χ1v) is 9.91. The lowest BCUT2D eigenvalue weighted by Crippen LogP contribution is -2.37. The number of carbonyl (C=O) groups is 1. The summed E-state index contributed by atoms with van der Waals surface area (Å²) >= 11 is 6.05. The third-order valence-electron chi connectivity index (χ3n) is 3.63. The van der Waals surface area contributed by atoms with Crippen LogP contribution in [0.25, 0.3) is 0 Å². The van der Waals surface area contributed by atoms with Crippen molar-refractivity contribution < 1.29 is 17.9 Å². The summed E-state index contributed by atoms with van der Waals surface area (Å²) in [7, 11) is -2.13. The number of amides is 1. The predicted molar refractivity (Wildman–Crippen MR) is 101 cm³/mol. The molecule has 0 aliphatic heterocycles. The molecule has 2 aromatic rings. The van der Waals surface area contributed by atoms with Crippen molar-refractivity contribution in [2.24, 2.45) is 0 Å². The molecule has 1 aromatic heterocycles. The van der Waals surface area contributed by atoms with Gasteiger partial charge in [0.15, 0.2) is 0 Å². The summed E-state index contributed by atoms with van der Waals surface area (Å²) < 4.78 is 30.3. The summed E-state index contributed by atoms with van der Waals surface area (Å²) in [5.41, 5.74) is 1.87. The van der Waals surface area contributed by atoms with Crippen LogP contribution in [0.15, 0.2) is 36.7 Å². The lowest BCUT2D eigenvalue weighted by molar-refractivity contribution is -0.116. The zero-order valence-electron chi connectivity index (χ0n) is 14.7. The summed E-state index contributed by atoms with van der Waals surface area (Å²) in [5, 5.41) is 3.18. The molecule has 0 unspecified atom stereocenters. The van der Waals surface area contributed by atoms with Crippen molar-refractivity contribution in [2.45, 2.75) is 13.5 Å². The molecule has 0 saturated carbocycles. The maximum absolute atomic E-state index is 12.4. The minimum atomic E-state index is -3.59. The predicted octanol–water partition coefficient (Wildman–Crippen LogP) is 2.45. The first kappa shape index (κ1) is 20.2. The van der Waals surface area contributed by atoms with Crippen LogP contribution in [-0.2, 0) is 21.4 Å². The van der Waals surface area contributed by atoms with Crippen LogP contribution in [0.4, 0.5) is 5.69 Å². The van der Waals surface area contributed by atoms with Gasteiger partial charge in [-0.15, -0.1) is 0 Å². The number of aryl methyl sites for hydroxylation is 1. The van der Waals surface area contributed by atoms with E-state index in [9.17, 15) is 13.2 Å². The second-order valence-corrected chi connectivity index (χ2v) is 8.13. The molecular formula is C17H20ClN3O4S. The first-order chi connectivity index (χ1) is 12.2. The normalized spacial score (nSPS) is 11.4. The Morgan fingerprint density at radius 1 is 1.38 bits per heavy atom. The number of hydrogen-bond donors (Lipinski definition) is 1. The van der Waals surface area contributed by atoms with Gasteiger partial charge < -0.3 is 10.1 Å². The first-order valence-electron chi connectivity index (χ1n) is 7.68. The molecule has 0 radical (unpaired) electrons. The number of pyridine rings is 1. The number of halogens is 1. The minimum absolute atomic E-state index is 0.0525. The Kier molecular flexibility index (Phi) is 6.57. The van der Waals surface area contributed by atoms with Crippen LogP contribution >= 0.6 is 11.6 Å². The Morgan fingerprint density at radius 2 is 2.12 bits per heavy atom. The van der Waals surface area contributed by atoms with Crippen molar-refractivity contribution in [1.82, 2.24) is 9.29 Å². The molecule has 1 amide bonds. The van der Waals surface area contributed by atoms with E-state index in [1.165, 1.54) is 7.11 Å². The van der Waals surface area contributed by atoms with Gasteiger partial charge in [-0.1, -0.05) is 17.7 Å². The van der Waals surface area contributed by atoms with Crippen molar-refractivity contribution in [3.63, 3.8) is 0 Å². The summed E-state index contributed by atoms with van der Waals surface area (Å²) in [6, 6.07) is 6.72. The molecule has 7 nitrogen and oxygen atoms in total. The van der Waals surface area contributed by atoms with Crippen LogP contribution in [0.5, 0.6) is 5.75 Å². The largest absolute Gasteiger partial charge is 0.495 e. The molecule has 1 aromatic carbocycles. The number of benzene rings is 1. The topological polar surface area (TPSA) is 88.6 Å². The van der Waals surface area contributed by atoms with Gasteiger partial charge in [0.25, 0.3) is 0 Å². The summed E-state index contributed by atoms with van der Waals surface area (Å²) in [6.07, 6.45) is 4.21. The highest BCUT2D eigenvalue weighted by atomic mass is 35.5. The van der Waals surface area contributed by atoms with Crippen LogP contribution in [0.1, 0.15) is 11.1 Å². The van der Waals surface area contributed by atoms with E-state index in [1.54, 1.807) is 43.6 Å². The van der Waals surface area contributed by atoms with Gasteiger partial charge in [-0.05, 0) is 30.2 Å². The molecule has 0 aliphatic carbocycles. The van der Waals surface area contributed by atoms with Crippen LogP contribution in [-0.4, -0.2) is 43.5 Å². The van der Waals surface area contributed by atoms with E-state index < -0.39 is 15.9 Å². The maximum atomic E-state index is 12.4. The van der Waals surface area contributed by atoms with Crippen LogP contribution in [0.3, 0.4) is 0 Å². The number of hydrogen-bond acceptors (Lipinski definition) is 5. The molecule has 0 spiro atoms. The molecule has 26 heavy (non-hydrogen) atoms. The van der Waals surface area contributed by atoms with E-state index in [0.29, 0.717) is 22.0 Å². The number of ether oxygens (including phenoxy) is 1. The molecule has 9 heteroatoms. The molecule has 0 aliphatic rings. The van der Waals surface area contributed by atoms with Gasteiger partial charge in [-0.3, -0.25) is 9.78 Å². The Bertz CT molecular complexity index is 888. The number of methoxy groups -OCH3 is 1. The zero-order chi connectivity index (χ0) is 19.3. The summed E-state index contributed by atoms with van der Waals surface area (Å²) in [6.45, 7) is 1.51. The highest BCUT2D eigenvalue weighted by molar-refractivity contribution is 7.88. The maximum Gasteiger partial charge on any atom is 0.239 e. The lowest BCUT2D eigenvalue weighted by Gasteiger charge is -2.20. The fourth-order valence-electron chi connectivity index (χ4n) is 2.27. The smallest absolute Gasteiger partial charge is 0.239 e. The van der Waals surface area contributed by atoms with Gasteiger partial charge in [-0.25, -0.2) is 8.42 Å². The standard InChI is InChI=1S/C17H20ClN3O4S/c1-12-7-15(16(25-2)8-14(12)18)20-17(22)11-21(26(3,23)24)10-13-5-4-6-19-9-13/h4-9H,10-11H2,1-3H3,(H,20,22). The Morgan fingerprint density at radius 3 is 2.69 bits per heavy atom. The molecule has 0 fully saturated rings. The van der Waals surface area contributed by atoms with Crippen molar-refractivity contribution >= 4 is 33.2 Å². The Hall–Kier alpha value is -2.16. The van der Waals surface area contributed by atoms with E-state index >= 15 is 0 Å². The molecule has 2 rings (SSSR count). The van der Waals surface area contributed by atoms with Crippen LogP contribution < -0.4 is 10.1 Å². The monoisotopic (exact) mass is 397 g/mol. The van der Waals surface area contributed by atoms with Crippen LogP contribution in [0, 0.1) is 6.92 Å². The Labute approximate surface area is 158 Å². The van der Waals surface area contributed by atoms with Crippen molar-refractivity contribution in [2.75, 3.05) is 25.2 Å². The number of sulfonamides is 1. The molecule has 140 valence electrons. The summed E-state index contributed by atoms with van der Waals surface area (Å²) in [4.78, 5) is 16.4. The number of aromatic nitrogens is 1. The minimum Gasteiger partial charge on any atom is -0.495 e. The van der Waals surface area contributed by atoms with E-state index in [0.717, 1.165) is 16.1 Å². The number of nitrogens with one attached hydrogen (secondary N) is 1. The van der Waals surface area contributed by atoms with Gasteiger partial charge in [0.2, 0.25) is 15.9 Å². The number of carbonyl (C=O) groups excluding carboxylic acids is 1.